The molecule has 0 aliphatic carbocycles. The zero-order valence-corrected chi connectivity index (χ0v) is 24.2. The van der Waals surface area contributed by atoms with Crippen LogP contribution in [-0.2, 0) is 15.9 Å². The minimum Gasteiger partial charge on any atom is -0.489 e. The van der Waals surface area contributed by atoms with E-state index in [4.69, 9.17) is 14.0 Å². The van der Waals surface area contributed by atoms with Crippen molar-refractivity contribution < 1.29 is 14.0 Å². The molecule has 40 heavy (non-hydrogen) atoms. The van der Waals surface area contributed by atoms with Crippen LogP contribution >= 0.6 is 0 Å². The maximum absolute atomic E-state index is 6.31. The SMILES string of the molecule is CN(C)CCOB(c1ccccc1)c1ccc(COc2ccc(B(OCCN(C)C)c3ccccc3)cc2)cc1. The number of benzene rings is 4. The molecule has 4 aromatic rings. The summed E-state index contributed by atoms with van der Waals surface area (Å²) in [5.41, 5.74) is 5.67. The monoisotopic (exact) mass is 534 g/mol. The van der Waals surface area contributed by atoms with Gasteiger partial charge in [0.15, 0.2) is 0 Å². The smallest absolute Gasteiger partial charge is 0.361 e. The molecule has 0 radical (unpaired) electrons. The van der Waals surface area contributed by atoms with Crippen molar-refractivity contribution in [3.05, 3.63) is 115 Å². The highest BCUT2D eigenvalue weighted by Crippen LogP contribution is 2.12. The van der Waals surface area contributed by atoms with Crippen molar-refractivity contribution in [2.24, 2.45) is 0 Å². The average molecular weight is 534 g/mol. The van der Waals surface area contributed by atoms with E-state index in [2.05, 4.69) is 123 Å². The Morgan fingerprint density at radius 3 is 1.32 bits per heavy atom. The van der Waals surface area contributed by atoms with Crippen LogP contribution in [0.3, 0.4) is 0 Å². The fraction of sp³-hybridized carbons (Fsp3) is 0.273. The second kappa shape index (κ2) is 15.4. The van der Waals surface area contributed by atoms with Gasteiger partial charge in [-0.15, -0.1) is 0 Å². The van der Waals surface area contributed by atoms with Crippen molar-refractivity contribution in [1.82, 2.24) is 9.80 Å². The number of nitrogens with zero attached hydrogens (tertiary/aromatic N) is 2. The summed E-state index contributed by atoms with van der Waals surface area (Å²) in [6, 6.07) is 37.6. The van der Waals surface area contributed by atoms with Gasteiger partial charge in [-0.2, -0.15) is 0 Å². The molecule has 0 aliphatic heterocycles. The van der Waals surface area contributed by atoms with E-state index < -0.39 is 0 Å². The van der Waals surface area contributed by atoms with E-state index in [-0.39, 0.29) is 13.8 Å². The minimum absolute atomic E-state index is 0.0961. The molecular formula is C33H40B2N2O3. The van der Waals surface area contributed by atoms with E-state index in [0.717, 1.165) is 46.3 Å². The minimum atomic E-state index is -0.111. The maximum atomic E-state index is 6.31. The highest BCUT2D eigenvalue weighted by Gasteiger charge is 2.22. The molecule has 0 unspecified atom stereocenters. The van der Waals surface area contributed by atoms with Crippen molar-refractivity contribution in [2.75, 3.05) is 54.5 Å². The lowest BCUT2D eigenvalue weighted by Crippen LogP contribution is -2.46. The number of ether oxygens (including phenoxy) is 1. The van der Waals surface area contributed by atoms with Gasteiger partial charge < -0.3 is 23.8 Å². The molecule has 0 N–H and O–H groups in total. The van der Waals surface area contributed by atoms with Gasteiger partial charge in [0.25, 0.3) is 0 Å². The van der Waals surface area contributed by atoms with Crippen LogP contribution in [0, 0.1) is 0 Å². The highest BCUT2D eigenvalue weighted by molar-refractivity contribution is 6.80. The summed E-state index contributed by atoms with van der Waals surface area (Å²) >= 11 is 0. The fourth-order valence-corrected chi connectivity index (χ4v) is 4.43. The Kier molecular flexibility index (Phi) is 11.4. The largest absolute Gasteiger partial charge is 0.489 e. The third-order valence-corrected chi connectivity index (χ3v) is 6.72. The van der Waals surface area contributed by atoms with Crippen molar-refractivity contribution in [3.63, 3.8) is 0 Å². The van der Waals surface area contributed by atoms with Crippen LogP contribution in [0.5, 0.6) is 5.75 Å². The predicted octanol–water partition coefficient (Wildman–Crippen LogP) is 2.63. The molecule has 0 bridgehead atoms. The van der Waals surface area contributed by atoms with Gasteiger partial charge in [-0.1, -0.05) is 97.1 Å². The maximum Gasteiger partial charge on any atom is 0.361 e. The van der Waals surface area contributed by atoms with Gasteiger partial charge in [-0.3, -0.25) is 0 Å². The molecular weight excluding hydrogens is 494 g/mol. The van der Waals surface area contributed by atoms with E-state index in [1.54, 1.807) is 0 Å². The summed E-state index contributed by atoms with van der Waals surface area (Å²) < 4.78 is 18.7. The van der Waals surface area contributed by atoms with Crippen molar-refractivity contribution in [1.29, 1.82) is 0 Å². The zero-order valence-electron chi connectivity index (χ0n) is 24.2. The van der Waals surface area contributed by atoms with Gasteiger partial charge in [0.2, 0.25) is 0 Å². The Bertz CT molecular complexity index is 1150. The topological polar surface area (TPSA) is 34.2 Å². The van der Waals surface area contributed by atoms with Gasteiger partial charge >= 0.3 is 13.8 Å². The lowest BCUT2D eigenvalue weighted by Gasteiger charge is -2.18. The van der Waals surface area contributed by atoms with E-state index in [0.29, 0.717) is 19.8 Å². The van der Waals surface area contributed by atoms with Gasteiger partial charge in [0.05, 0.1) is 0 Å². The van der Waals surface area contributed by atoms with Crippen LogP contribution in [0.2, 0.25) is 0 Å². The number of rotatable bonds is 15. The van der Waals surface area contributed by atoms with Crippen LogP contribution in [0.1, 0.15) is 5.56 Å². The van der Waals surface area contributed by atoms with E-state index in [9.17, 15) is 0 Å². The Labute approximate surface area is 240 Å². The molecule has 0 aliphatic rings. The molecule has 0 saturated carbocycles. The third-order valence-electron chi connectivity index (χ3n) is 6.72. The summed E-state index contributed by atoms with van der Waals surface area (Å²) in [6.45, 7) is 3.37. The van der Waals surface area contributed by atoms with E-state index >= 15 is 0 Å². The van der Waals surface area contributed by atoms with Crippen molar-refractivity contribution in [2.45, 2.75) is 6.61 Å². The van der Waals surface area contributed by atoms with Crippen LogP contribution in [0.4, 0.5) is 0 Å². The van der Waals surface area contributed by atoms with Gasteiger partial charge in [-0.25, -0.2) is 0 Å². The molecule has 0 fully saturated rings. The molecule has 5 nitrogen and oxygen atoms in total. The van der Waals surface area contributed by atoms with Gasteiger partial charge in [0, 0.05) is 26.3 Å². The lowest BCUT2D eigenvalue weighted by atomic mass is 9.55. The number of hydrogen-bond acceptors (Lipinski definition) is 5. The lowest BCUT2D eigenvalue weighted by molar-refractivity contribution is 0.269. The Morgan fingerprint density at radius 2 is 0.900 bits per heavy atom. The molecule has 0 saturated heterocycles. The van der Waals surface area contributed by atoms with Gasteiger partial charge in [-0.05, 0) is 67.7 Å². The number of hydrogen-bond donors (Lipinski definition) is 0. The summed E-state index contributed by atoms with van der Waals surface area (Å²) in [4.78, 5) is 4.26. The molecule has 7 heteroatoms. The summed E-state index contributed by atoms with van der Waals surface area (Å²) in [7, 11) is 8.24. The second-order valence-electron chi connectivity index (χ2n) is 10.5. The molecule has 0 spiro atoms. The van der Waals surface area contributed by atoms with E-state index in [1.165, 1.54) is 0 Å². The molecule has 0 aromatic heterocycles. The normalized spacial score (nSPS) is 11.2. The van der Waals surface area contributed by atoms with Crippen LogP contribution in [-0.4, -0.2) is 78.1 Å². The third kappa shape index (κ3) is 9.10. The molecule has 206 valence electrons. The Balaban J connectivity index is 1.38. The first-order valence-corrected chi connectivity index (χ1v) is 13.9. The standard InChI is InChI=1S/C33H40B2N2O3/c1-36(2)23-25-39-34(29-11-7-5-8-12-29)31-17-15-28(16-18-31)27-38-33-21-19-32(20-22-33)35(40-26-24-37(3)4)30-13-9-6-10-14-30/h5-22H,23-27H2,1-4H3. The van der Waals surface area contributed by atoms with Crippen LogP contribution in [0.15, 0.2) is 109 Å². The Hall–Kier alpha value is -3.35. The number of likely N-dealkylation sites (N-methyl/N-ethyl adjacent to an activating group) is 2. The quantitative estimate of drug-likeness (QED) is 0.219. The average Bonchev–Trinajstić information content (AvgIpc) is 2.98. The summed E-state index contributed by atoms with van der Waals surface area (Å²) in [5.74, 6) is 0.835. The van der Waals surface area contributed by atoms with Crippen LogP contribution < -0.4 is 26.6 Å². The second-order valence-corrected chi connectivity index (χ2v) is 10.5. The fourth-order valence-electron chi connectivity index (χ4n) is 4.43. The molecule has 4 aromatic carbocycles. The first-order chi connectivity index (χ1) is 19.5. The molecule has 0 atom stereocenters. The van der Waals surface area contributed by atoms with Crippen molar-refractivity contribution >= 4 is 35.7 Å². The van der Waals surface area contributed by atoms with Crippen LogP contribution in [0.25, 0.3) is 0 Å². The molecule has 0 amide bonds. The molecule has 0 heterocycles. The zero-order chi connectivity index (χ0) is 28.2. The van der Waals surface area contributed by atoms with E-state index in [1.807, 2.05) is 24.3 Å². The summed E-state index contributed by atoms with van der Waals surface area (Å²) in [6.07, 6.45) is 0. The first-order valence-electron chi connectivity index (χ1n) is 13.9. The summed E-state index contributed by atoms with van der Waals surface area (Å²) in [5, 5.41) is 0. The predicted molar refractivity (Wildman–Crippen MR) is 169 cm³/mol. The molecule has 4 rings (SSSR count). The highest BCUT2D eigenvalue weighted by atomic mass is 16.5. The Morgan fingerprint density at radius 1 is 0.500 bits per heavy atom. The van der Waals surface area contributed by atoms with Gasteiger partial charge in [0.1, 0.15) is 12.4 Å². The first kappa shape index (κ1) is 29.6. The van der Waals surface area contributed by atoms with Crippen molar-refractivity contribution in [3.8, 4) is 5.75 Å².